The smallest absolute Gasteiger partial charge is 0.313 e. The molecule has 0 N–H and O–H groups in total. The van der Waals surface area contributed by atoms with E-state index in [1.54, 1.807) is 6.92 Å². The molecule has 1 spiro atoms. The fraction of sp³-hybridized carbons (Fsp3) is 0.536. The van der Waals surface area contributed by atoms with Crippen molar-refractivity contribution in [2.24, 2.45) is 0 Å². The molecule has 200 valence electrons. The second kappa shape index (κ2) is 12.8. The molecule has 2 saturated heterocycles. The summed E-state index contributed by atoms with van der Waals surface area (Å²) in [5.74, 6) is 0.100. The Morgan fingerprint density at radius 1 is 1.19 bits per heavy atom. The molecule has 2 fully saturated rings. The predicted molar refractivity (Wildman–Crippen MR) is 142 cm³/mol. The van der Waals surface area contributed by atoms with Crippen LogP contribution in [0.25, 0.3) is 0 Å². The van der Waals surface area contributed by atoms with Gasteiger partial charge in [-0.1, -0.05) is 30.8 Å². The SMILES string of the molecule is C=C(C)OC(=O)CCOCCc1cccc(CN2CCC3(CC2)CN(C(=O)c2csc(C)n2)CCO3)c1. The van der Waals surface area contributed by atoms with Crippen molar-refractivity contribution >= 4 is 23.2 Å². The van der Waals surface area contributed by atoms with Gasteiger partial charge < -0.3 is 19.1 Å². The number of piperidine rings is 1. The van der Waals surface area contributed by atoms with Crippen molar-refractivity contribution in [2.45, 2.75) is 51.7 Å². The quantitative estimate of drug-likeness (QED) is 0.263. The lowest BCUT2D eigenvalue weighted by atomic mass is 9.89. The number of nitrogens with zero attached hydrogens (tertiary/aromatic N) is 3. The zero-order valence-electron chi connectivity index (χ0n) is 21.9. The normalized spacial score (nSPS) is 17.6. The minimum atomic E-state index is -0.315. The second-order valence-corrected chi connectivity index (χ2v) is 11.0. The van der Waals surface area contributed by atoms with E-state index in [0.29, 0.717) is 44.4 Å². The van der Waals surface area contributed by atoms with Gasteiger partial charge >= 0.3 is 5.97 Å². The standard InChI is InChI=1S/C28H37N3O5S/c1-21(2)36-26(32)8-15-34-14-7-23-5-4-6-24(17-23)18-30-11-9-28(10-12-30)20-31(13-16-35-28)27(33)25-19-37-22(3)29-25/h4-6,17,19H,1,7-16,18,20H2,2-3H3. The number of likely N-dealkylation sites (tertiary alicyclic amines) is 1. The van der Waals surface area contributed by atoms with Gasteiger partial charge in [0.15, 0.2) is 0 Å². The lowest BCUT2D eigenvalue weighted by Crippen LogP contribution is -2.58. The number of carbonyl (C=O) groups is 2. The third kappa shape index (κ3) is 7.95. The molecule has 0 radical (unpaired) electrons. The average molecular weight is 528 g/mol. The van der Waals surface area contributed by atoms with Gasteiger partial charge in [-0.3, -0.25) is 14.5 Å². The number of carbonyl (C=O) groups excluding carboxylic acids is 2. The first-order valence-corrected chi connectivity index (χ1v) is 13.8. The zero-order chi connectivity index (χ0) is 26.3. The molecule has 1 aromatic heterocycles. The summed E-state index contributed by atoms with van der Waals surface area (Å²) in [6.07, 6.45) is 2.84. The number of benzene rings is 1. The van der Waals surface area contributed by atoms with Crippen LogP contribution >= 0.6 is 11.3 Å². The van der Waals surface area contributed by atoms with E-state index in [1.165, 1.54) is 22.5 Å². The third-order valence-corrected chi connectivity index (χ3v) is 7.59. The van der Waals surface area contributed by atoms with E-state index in [0.717, 1.165) is 43.9 Å². The summed E-state index contributed by atoms with van der Waals surface area (Å²) in [5.41, 5.74) is 2.79. The molecule has 1 aromatic carbocycles. The lowest BCUT2D eigenvalue weighted by Gasteiger charge is -2.47. The number of allylic oxidation sites excluding steroid dienone is 1. The molecule has 37 heavy (non-hydrogen) atoms. The number of rotatable bonds is 10. The minimum absolute atomic E-state index is 0.0158. The van der Waals surface area contributed by atoms with Gasteiger partial charge in [0.1, 0.15) is 5.69 Å². The van der Waals surface area contributed by atoms with E-state index in [1.807, 2.05) is 17.2 Å². The van der Waals surface area contributed by atoms with E-state index >= 15 is 0 Å². The van der Waals surface area contributed by atoms with Crippen molar-refractivity contribution in [3.63, 3.8) is 0 Å². The summed E-state index contributed by atoms with van der Waals surface area (Å²) in [5, 5.41) is 2.76. The van der Waals surface area contributed by atoms with Gasteiger partial charge in [-0.25, -0.2) is 4.98 Å². The van der Waals surface area contributed by atoms with Crippen molar-refractivity contribution < 1.29 is 23.8 Å². The number of hydrogen-bond donors (Lipinski definition) is 0. The van der Waals surface area contributed by atoms with Crippen LogP contribution in [0.1, 0.15) is 52.8 Å². The second-order valence-electron chi connectivity index (χ2n) is 9.89. The number of amides is 1. The first-order chi connectivity index (χ1) is 17.8. The summed E-state index contributed by atoms with van der Waals surface area (Å²) in [6, 6.07) is 8.60. The van der Waals surface area contributed by atoms with Gasteiger partial charge in [-0.2, -0.15) is 0 Å². The molecule has 2 aliphatic rings. The van der Waals surface area contributed by atoms with Gasteiger partial charge in [0, 0.05) is 31.6 Å². The number of hydrogen-bond acceptors (Lipinski definition) is 8. The van der Waals surface area contributed by atoms with Crippen LogP contribution in [0.5, 0.6) is 0 Å². The molecule has 2 aromatic rings. The monoisotopic (exact) mass is 527 g/mol. The van der Waals surface area contributed by atoms with Crippen molar-refractivity contribution in [1.29, 1.82) is 0 Å². The van der Waals surface area contributed by atoms with Crippen LogP contribution in [0.2, 0.25) is 0 Å². The highest BCUT2D eigenvalue weighted by molar-refractivity contribution is 7.09. The van der Waals surface area contributed by atoms with E-state index in [4.69, 9.17) is 14.2 Å². The number of ether oxygens (including phenoxy) is 3. The average Bonchev–Trinajstić information content (AvgIpc) is 3.31. The maximum Gasteiger partial charge on any atom is 0.313 e. The summed E-state index contributed by atoms with van der Waals surface area (Å²) in [7, 11) is 0. The number of thiazole rings is 1. The molecular formula is C28H37N3O5S. The molecule has 8 nitrogen and oxygen atoms in total. The van der Waals surface area contributed by atoms with E-state index in [2.05, 4.69) is 40.7 Å². The fourth-order valence-electron chi connectivity index (χ4n) is 4.90. The van der Waals surface area contributed by atoms with Crippen LogP contribution < -0.4 is 0 Å². The Morgan fingerprint density at radius 3 is 2.70 bits per heavy atom. The summed E-state index contributed by atoms with van der Waals surface area (Å²) in [6.45, 7) is 12.6. The molecular weight excluding hydrogens is 490 g/mol. The highest BCUT2D eigenvalue weighted by Gasteiger charge is 2.41. The number of esters is 1. The molecule has 0 aliphatic carbocycles. The van der Waals surface area contributed by atoms with Crippen molar-refractivity contribution in [2.75, 3.05) is 46.0 Å². The summed E-state index contributed by atoms with van der Waals surface area (Å²) in [4.78, 5) is 33.2. The van der Waals surface area contributed by atoms with Crippen molar-refractivity contribution in [3.8, 4) is 0 Å². The van der Waals surface area contributed by atoms with Crippen LogP contribution in [0.3, 0.4) is 0 Å². The van der Waals surface area contributed by atoms with E-state index in [9.17, 15) is 9.59 Å². The van der Waals surface area contributed by atoms with Gasteiger partial charge in [-0.05, 0) is 44.2 Å². The van der Waals surface area contributed by atoms with Crippen LogP contribution in [-0.4, -0.2) is 78.3 Å². The van der Waals surface area contributed by atoms with Gasteiger partial charge in [0.05, 0.1) is 49.2 Å². The van der Waals surface area contributed by atoms with Gasteiger partial charge in [0.2, 0.25) is 0 Å². The third-order valence-electron chi connectivity index (χ3n) is 6.81. The number of morpholine rings is 1. The Balaban J connectivity index is 1.21. The summed E-state index contributed by atoms with van der Waals surface area (Å²) >= 11 is 1.51. The molecule has 2 aliphatic heterocycles. The minimum Gasteiger partial charge on any atom is -0.432 e. The Kier molecular flexibility index (Phi) is 9.48. The van der Waals surface area contributed by atoms with Crippen LogP contribution in [0.15, 0.2) is 42.0 Å². The largest absolute Gasteiger partial charge is 0.432 e. The first kappa shape index (κ1) is 27.4. The molecule has 0 bridgehead atoms. The lowest BCUT2D eigenvalue weighted by molar-refractivity contribution is -0.140. The van der Waals surface area contributed by atoms with Crippen LogP contribution in [0, 0.1) is 6.92 Å². The molecule has 3 heterocycles. The van der Waals surface area contributed by atoms with Crippen LogP contribution in [0.4, 0.5) is 0 Å². The Labute approximate surface area is 223 Å². The van der Waals surface area contributed by atoms with Crippen molar-refractivity contribution in [1.82, 2.24) is 14.8 Å². The van der Waals surface area contributed by atoms with Crippen LogP contribution in [-0.2, 0) is 32.0 Å². The fourth-order valence-corrected chi connectivity index (χ4v) is 5.48. The zero-order valence-corrected chi connectivity index (χ0v) is 22.7. The molecule has 4 rings (SSSR count). The predicted octanol–water partition coefficient (Wildman–Crippen LogP) is 3.98. The highest BCUT2D eigenvalue weighted by Crippen LogP contribution is 2.31. The molecule has 0 unspecified atom stereocenters. The number of aryl methyl sites for hydroxylation is 1. The Bertz CT molecular complexity index is 1090. The van der Waals surface area contributed by atoms with E-state index < -0.39 is 0 Å². The van der Waals surface area contributed by atoms with Crippen molar-refractivity contribution in [3.05, 3.63) is 63.8 Å². The maximum atomic E-state index is 12.9. The van der Waals surface area contributed by atoms with E-state index in [-0.39, 0.29) is 23.9 Å². The molecule has 1 amide bonds. The highest BCUT2D eigenvalue weighted by atomic mass is 32.1. The van der Waals surface area contributed by atoms with Gasteiger partial charge in [0.25, 0.3) is 5.91 Å². The molecule has 9 heteroatoms. The van der Waals surface area contributed by atoms with Gasteiger partial charge in [-0.15, -0.1) is 11.3 Å². The number of aromatic nitrogens is 1. The molecule has 0 saturated carbocycles. The first-order valence-electron chi connectivity index (χ1n) is 12.9. The maximum absolute atomic E-state index is 12.9. The molecule has 0 atom stereocenters. The topological polar surface area (TPSA) is 81.2 Å². The Hall–Kier alpha value is -2.59. The summed E-state index contributed by atoms with van der Waals surface area (Å²) < 4.78 is 16.8. The Morgan fingerprint density at radius 2 is 1.97 bits per heavy atom.